The highest BCUT2D eigenvalue weighted by atomic mass is 35.5. The van der Waals surface area contributed by atoms with Gasteiger partial charge in [0, 0.05) is 54.0 Å². The lowest BCUT2D eigenvalue weighted by Gasteiger charge is -2.33. The van der Waals surface area contributed by atoms with Crippen molar-refractivity contribution >= 4 is 64.5 Å². The molecule has 8 heteroatoms. The van der Waals surface area contributed by atoms with E-state index < -0.39 is 0 Å². The summed E-state index contributed by atoms with van der Waals surface area (Å²) in [5.41, 5.74) is 0.831. The Labute approximate surface area is 189 Å². The van der Waals surface area contributed by atoms with Crippen molar-refractivity contribution in [3.05, 3.63) is 63.1 Å². The molecule has 1 saturated heterocycles. The van der Waals surface area contributed by atoms with Crippen LogP contribution in [-0.4, -0.2) is 47.8 Å². The molecule has 0 aromatic heterocycles. The van der Waals surface area contributed by atoms with E-state index in [1.54, 1.807) is 34.9 Å². The van der Waals surface area contributed by atoms with Gasteiger partial charge in [0.05, 0.1) is 10.0 Å². The van der Waals surface area contributed by atoms with Crippen LogP contribution in [0.5, 0.6) is 0 Å². The van der Waals surface area contributed by atoms with E-state index >= 15 is 0 Å². The maximum absolute atomic E-state index is 12.4. The monoisotopic (exact) mass is 468 g/mol. The quantitative estimate of drug-likeness (QED) is 0.555. The average molecular weight is 470 g/mol. The van der Waals surface area contributed by atoms with Crippen molar-refractivity contribution in [2.24, 2.45) is 0 Å². The van der Waals surface area contributed by atoms with Gasteiger partial charge in [-0.25, -0.2) is 0 Å². The smallest absolute Gasteiger partial charge is 0.246 e. The molecule has 0 bridgehead atoms. The van der Waals surface area contributed by atoms with Crippen LogP contribution in [0.25, 0.3) is 6.08 Å². The van der Waals surface area contributed by atoms with Crippen LogP contribution in [-0.2, 0) is 9.59 Å². The third-order valence-corrected chi connectivity index (χ3v) is 6.76. The lowest BCUT2D eigenvalue weighted by molar-refractivity contribution is -0.135. The fourth-order valence-electron chi connectivity index (χ4n) is 2.89. The summed E-state index contributed by atoms with van der Waals surface area (Å²) in [7, 11) is 0. The number of hydrogen-bond acceptors (Lipinski definition) is 3. The molecule has 0 spiro atoms. The largest absolute Gasteiger partial charge is 0.339 e. The van der Waals surface area contributed by atoms with Gasteiger partial charge in [-0.3, -0.25) is 9.59 Å². The zero-order valence-corrected chi connectivity index (χ0v) is 18.8. The van der Waals surface area contributed by atoms with Gasteiger partial charge in [-0.1, -0.05) is 52.6 Å². The number of nitrogens with zero attached hydrogens (tertiary/aromatic N) is 2. The van der Waals surface area contributed by atoms with E-state index in [1.807, 2.05) is 24.3 Å². The molecular formula is C21H19Cl3N2O2S. The van der Waals surface area contributed by atoms with Crippen molar-refractivity contribution in [2.45, 2.75) is 16.7 Å². The Kier molecular flexibility index (Phi) is 7.52. The molecule has 1 heterocycles. The zero-order chi connectivity index (χ0) is 21.0. The third-order valence-electron chi connectivity index (χ3n) is 4.52. The Balaban J connectivity index is 1.62. The molecule has 2 aromatic rings. The summed E-state index contributed by atoms with van der Waals surface area (Å²) in [5, 5.41) is 1.72. The first-order chi connectivity index (χ1) is 13.8. The number of carbonyl (C=O) groups excluding carboxylic acids is 2. The molecule has 0 atom stereocenters. The number of carbonyl (C=O) groups is 2. The van der Waals surface area contributed by atoms with Crippen molar-refractivity contribution in [3.8, 4) is 0 Å². The van der Waals surface area contributed by atoms with Gasteiger partial charge in [0.2, 0.25) is 11.8 Å². The van der Waals surface area contributed by atoms with Gasteiger partial charge in [0.15, 0.2) is 0 Å². The van der Waals surface area contributed by atoms with E-state index in [9.17, 15) is 9.59 Å². The SMILES string of the molecule is CC(=O)N1CCN(C(=O)/C=C/c2ccc(Sc3ccc(Cl)cc3Cl)c(Cl)c2)CC1. The highest BCUT2D eigenvalue weighted by Crippen LogP contribution is 2.38. The van der Waals surface area contributed by atoms with Crippen molar-refractivity contribution in [1.29, 1.82) is 0 Å². The average Bonchev–Trinajstić information content (AvgIpc) is 2.69. The molecule has 0 saturated carbocycles. The molecule has 1 fully saturated rings. The minimum Gasteiger partial charge on any atom is -0.339 e. The van der Waals surface area contributed by atoms with Crippen LogP contribution in [0.3, 0.4) is 0 Å². The van der Waals surface area contributed by atoms with Crippen LogP contribution in [0.1, 0.15) is 12.5 Å². The molecule has 0 N–H and O–H groups in total. The van der Waals surface area contributed by atoms with Crippen LogP contribution in [0, 0.1) is 0 Å². The highest BCUT2D eigenvalue weighted by Gasteiger charge is 2.20. The minimum absolute atomic E-state index is 0.0418. The molecule has 2 aromatic carbocycles. The second-order valence-electron chi connectivity index (χ2n) is 6.53. The molecule has 0 aliphatic carbocycles. The molecular weight excluding hydrogens is 451 g/mol. The van der Waals surface area contributed by atoms with Gasteiger partial charge < -0.3 is 9.80 Å². The Morgan fingerprint density at radius 1 is 0.897 bits per heavy atom. The third kappa shape index (κ3) is 5.92. The van der Waals surface area contributed by atoms with E-state index in [0.29, 0.717) is 41.2 Å². The molecule has 3 rings (SSSR count). The van der Waals surface area contributed by atoms with Crippen LogP contribution in [0.2, 0.25) is 15.1 Å². The van der Waals surface area contributed by atoms with Gasteiger partial charge in [-0.2, -0.15) is 0 Å². The first-order valence-electron chi connectivity index (χ1n) is 8.98. The number of hydrogen-bond donors (Lipinski definition) is 0. The van der Waals surface area contributed by atoms with E-state index in [4.69, 9.17) is 34.8 Å². The number of benzene rings is 2. The van der Waals surface area contributed by atoms with Crippen molar-refractivity contribution in [2.75, 3.05) is 26.2 Å². The van der Waals surface area contributed by atoms with Gasteiger partial charge in [-0.15, -0.1) is 0 Å². The highest BCUT2D eigenvalue weighted by molar-refractivity contribution is 7.99. The zero-order valence-electron chi connectivity index (χ0n) is 15.7. The second-order valence-corrected chi connectivity index (χ2v) is 8.87. The lowest BCUT2D eigenvalue weighted by Crippen LogP contribution is -2.49. The number of rotatable bonds is 4. The lowest BCUT2D eigenvalue weighted by atomic mass is 10.2. The van der Waals surface area contributed by atoms with Crippen LogP contribution >= 0.6 is 46.6 Å². The summed E-state index contributed by atoms with van der Waals surface area (Å²) in [4.78, 5) is 29.0. The molecule has 1 aliphatic heterocycles. The molecule has 4 nitrogen and oxygen atoms in total. The summed E-state index contributed by atoms with van der Waals surface area (Å²) >= 11 is 20.0. The summed E-state index contributed by atoms with van der Waals surface area (Å²) in [6.07, 6.45) is 3.28. The first kappa shape index (κ1) is 22.0. The summed E-state index contributed by atoms with van der Waals surface area (Å²) in [5.74, 6) is -0.0316. The fraction of sp³-hybridized carbons (Fsp3) is 0.238. The van der Waals surface area contributed by atoms with Crippen molar-refractivity contribution in [3.63, 3.8) is 0 Å². The number of halogens is 3. The van der Waals surface area contributed by atoms with E-state index in [1.165, 1.54) is 17.8 Å². The summed E-state index contributed by atoms with van der Waals surface area (Å²) in [6, 6.07) is 10.9. The van der Waals surface area contributed by atoms with Crippen LogP contribution < -0.4 is 0 Å². The van der Waals surface area contributed by atoms with Gasteiger partial charge in [0.1, 0.15) is 0 Å². The van der Waals surface area contributed by atoms with Gasteiger partial charge in [0.25, 0.3) is 0 Å². The Morgan fingerprint density at radius 2 is 1.48 bits per heavy atom. The van der Waals surface area contributed by atoms with E-state index in [-0.39, 0.29) is 11.8 Å². The molecule has 0 unspecified atom stereocenters. The van der Waals surface area contributed by atoms with Crippen molar-refractivity contribution < 1.29 is 9.59 Å². The topological polar surface area (TPSA) is 40.6 Å². The standard InChI is InChI=1S/C21H19Cl3N2O2S/c1-14(27)25-8-10-26(11-9-25)21(28)7-3-15-2-5-19(17(23)12-15)29-20-6-4-16(22)13-18(20)24/h2-7,12-13H,8-11H2,1H3/b7-3+. The van der Waals surface area contributed by atoms with Crippen LogP contribution in [0.4, 0.5) is 0 Å². The molecule has 152 valence electrons. The molecule has 29 heavy (non-hydrogen) atoms. The maximum atomic E-state index is 12.4. The number of amides is 2. The summed E-state index contributed by atoms with van der Waals surface area (Å²) in [6.45, 7) is 3.77. The Hall–Kier alpha value is -1.66. The van der Waals surface area contributed by atoms with Crippen molar-refractivity contribution in [1.82, 2.24) is 9.80 Å². The molecule has 0 radical (unpaired) electrons. The first-order valence-corrected chi connectivity index (χ1v) is 10.9. The fourth-order valence-corrected chi connectivity index (χ4v) is 4.55. The normalized spacial score (nSPS) is 14.5. The summed E-state index contributed by atoms with van der Waals surface area (Å²) < 4.78 is 0. The predicted molar refractivity (Wildman–Crippen MR) is 120 cm³/mol. The predicted octanol–water partition coefficient (Wildman–Crippen LogP) is 5.50. The van der Waals surface area contributed by atoms with Gasteiger partial charge in [-0.05, 0) is 42.0 Å². The molecule has 2 amide bonds. The molecule has 1 aliphatic rings. The van der Waals surface area contributed by atoms with E-state index in [0.717, 1.165) is 15.4 Å². The number of piperazine rings is 1. The van der Waals surface area contributed by atoms with E-state index in [2.05, 4.69) is 0 Å². The second kappa shape index (κ2) is 9.90. The minimum atomic E-state index is -0.0734. The maximum Gasteiger partial charge on any atom is 0.246 e. The Morgan fingerprint density at radius 3 is 2.07 bits per heavy atom. The van der Waals surface area contributed by atoms with Crippen LogP contribution in [0.15, 0.2) is 52.3 Å². The Bertz CT molecular complexity index is 957. The van der Waals surface area contributed by atoms with Gasteiger partial charge >= 0.3 is 0 Å².